The summed E-state index contributed by atoms with van der Waals surface area (Å²) in [5.41, 5.74) is 4.13. The molecule has 0 radical (unpaired) electrons. The molecule has 0 N–H and O–H groups in total. The summed E-state index contributed by atoms with van der Waals surface area (Å²) in [4.78, 5) is 18.4. The predicted molar refractivity (Wildman–Crippen MR) is 140 cm³/mol. The van der Waals surface area contributed by atoms with Gasteiger partial charge in [0.1, 0.15) is 0 Å². The van der Waals surface area contributed by atoms with E-state index in [4.69, 9.17) is 0 Å². The van der Waals surface area contributed by atoms with Crippen molar-refractivity contribution < 1.29 is 21.7 Å². The molecule has 33 heavy (non-hydrogen) atoms. The summed E-state index contributed by atoms with van der Waals surface area (Å²) >= 11 is 0. The van der Waals surface area contributed by atoms with Crippen molar-refractivity contribution in [3.05, 3.63) is 86.2 Å². The topological polar surface area (TPSA) is 52.9 Å². The summed E-state index contributed by atoms with van der Waals surface area (Å²) in [5.74, 6) is 0. The van der Waals surface area contributed by atoms with Crippen LogP contribution >= 0.6 is 0 Å². The van der Waals surface area contributed by atoms with Crippen LogP contribution in [0.4, 0.5) is 0 Å². The Morgan fingerprint density at radius 3 is 1.36 bits per heavy atom. The second kappa shape index (κ2) is 14.0. The molecule has 2 aromatic carbocycles. The molecule has 5 heteroatoms. The summed E-state index contributed by atoms with van der Waals surface area (Å²) in [6.45, 7) is 5.82. The van der Waals surface area contributed by atoms with Gasteiger partial charge in [-0.15, -0.1) is 11.4 Å². The SMILES string of the molecule is Cc1[n-]c(C=NCCCCCCN=Cc2[n-]c(C)c3ccccc23)c2ccccc12.[CH3-].[CH3-].[Ti+4]. The summed E-state index contributed by atoms with van der Waals surface area (Å²) in [6, 6.07) is 16.7. The number of aliphatic imine (C=N–C) groups is 2. The number of hydrogen-bond acceptors (Lipinski definition) is 2. The van der Waals surface area contributed by atoms with Gasteiger partial charge in [0.25, 0.3) is 0 Å². The van der Waals surface area contributed by atoms with Crippen molar-refractivity contribution in [2.45, 2.75) is 39.5 Å². The first-order valence-electron chi connectivity index (χ1n) is 10.8. The average molecular weight is 474 g/mol. The molecule has 0 amide bonds. The number of rotatable bonds is 9. The molecule has 0 aliphatic carbocycles. The Balaban J connectivity index is 0.00000181. The summed E-state index contributed by atoms with van der Waals surface area (Å²) in [6.07, 6.45) is 8.42. The van der Waals surface area contributed by atoms with E-state index >= 15 is 0 Å². The minimum Gasteiger partial charge on any atom is -0.659 e. The van der Waals surface area contributed by atoms with Crippen molar-refractivity contribution in [3.8, 4) is 0 Å². The van der Waals surface area contributed by atoms with Crippen molar-refractivity contribution in [1.29, 1.82) is 0 Å². The Morgan fingerprint density at radius 2 is 0.970 bits per heavy atom. The zero-order chi connectivity index (χ0) is 20.8. The number of unbranched alkanes of at least 4 members (excludes halogenated alkanes) is 3. The van der Waals surface area contributed by atoms with Crippen LogP contribution in [0.25, 0.3) is 21.5 Å². The van der Waals surface area contributed by atoms with Crippen LogP contribution in [0, 0.1) is 28.7 Å². The summed E-state index contributed by atoms with van der Waals surface area (Å²) in [5, 5.41) is 4.83. The van der Waals surface area contributed by atoms with Crippen molar-refractivity contribution >= 4 is 34.0 Å². The quantitative estimate of drug-likeness (QED) is 0.120. The Hall–Kier alpha value is -2.43. The first-order valence-corrected chi connectivity index (χ1v) is 10.8. The molecule has 0 spiro atoms. The number of benzene rings is 2. The smallest absolute Gasteiger partial charge is 0.659 e. The normalized spacial score (nSPS) is 11.1. The third kappa shape index (κ3) is 7.03. The number of aryl methyl sites for hydroxylation is 2. The van der Waals surface area contributed by atoms with E-state index in [0.717, 1.165) is 48.7 Å². The van der Waals surface area contributed by atoms with E-state index < -0.39 is 0 Å². The molecule has 0 saturated heterocycles. The third-order valence-corrected chi connectivity index (χ3v) is 5.51. The molecule has 0 atom stereocenters. The molecule has 0 aliphatic heterocycles. The second-order valence-electron chi connectivity index (χ2n) is 7.74. The minimum atomic E-state index is 0. The molecule has 0 aliphatic rings. The van der Waals surface area contributed by atoms with E-state index in [1.54, 1.807) is 0 Å². The largest absolute Gasteiger partial charge is 4.00 e. The van der Waals surface area contributed by atoms with Crippen molar-refractivity contribution in [1.82, 2.24) is 9.97 Å². The number of hydrogen-bond donors (Lipinski definition) is 0. The monoisotopic (exact) mass is 474 g/mol. The fourth-order valence-electron chi connectivity index (χ4n) is 3.90. The van der Waals surface area contributed by atoms with Gasteiger partial charge in [-0.05, 0) is 34.4 Å². The van der Waals surface area contributed by atoms with Gasteiger partial charge in [0, 0.05) is 25.5 Å². The van der Waals surface area contributed by atoms with Crippen LogP contribution < -0.4 is 9.97 Å². The van der Waals surface area contributed by atoms with Gasteiger partial charge in [0.2, 0.25) is 0 Å². The van der Waals surface area contributed by atoms with Crippen LogP contribution in [0.5, 0.6) is 0 Å². The number of fused-ring (bicyclic) bond motifs is 2. The first-order chi connectivity index (χ1) is 14.7. The van der Waals surface area contributed by atoms with E-state index in [1.165, 1.54) is 34.4 Å². The first kappa shape index (κ1) is 28.6. The van der Waals surface area contributed by atoms with Crippen LogP contribution in [0.2, 0.25) is 0 Å². The molecular formula is C28H34N4Ti. The van der Waals surface area contributed by atoms with Crippen molar-refractivity contribution in [3.63, 3.8) is 0 Å². The fourth-order valence-corrected chi connectivity index (χ4v) is 3.90. The van der Waals surface area contributed by atoms with Crippen molar-refractivity contribution in [2.24, 2.45) is 9.98 Å². The van der Waals surface area contributed by atoms with Gasteiger partial charge in [-0.25, -0.2) is 0 Å². The molecular weight excluding hydrogens is 440 g/mol. The van der Waals surface area contributed by atoms with Gasteiger partial charge in [-0.3, -0.25) is 9.98 Å². The molecule has 0 saturated carbocycles. The third-order valence-electron chi connectivity index (χ3n) is 5.51. The van der Waals surface area contributed by atoms with Crippen LogP contribution in [0.1, 0.15) is 48.5 Å². The summed E-state index contributed by atoms with van der Waals surface area (Å²) in [7, 11) is 0. The Morgan fingerprint density at radius 1 is 0.606 bits per heavy atom. The Kier molecular flexibility index (Phi) is 12.1. The van der Waals surface area contributed by atoms with Crippen LogP contribution in [0.3, 0.4) is 0 Å². The van der Waals surface area contributed by atoms with E-state index in [2.05, 4.69) is 82.3 Å². The maximum Gasteiger partial charge on any atom is 4.00 e. The number of nitrogens with zero attached hydrogens (tertiary/aromatic N) is 4. The molecule has 0 unspecified atom stereocenters. The second-order valence-corrected chi connectivity index (χ2v) is 7.74. The van der Waals surface area contributed by atoms with Crippen LogP contribution in [-0.4, -0.2) is 25.5 Å². The van der Waals surface area contributed by atoms with Crippen LogP contribution in [-0.2, 0) is 21.7 Å². The molecule has 4 aromatic rings. The zero-order valence-corrected chi connectivity index (χ0v) is 21.9. The summed E-state index contributed by atoms with van der Waals surface area (Å²) < 4.78 is 0. The fraction of sp³-hybridized carbons (Fsp3) is 0.286. The van der Waals surface area contributed by atoms with Crippen LogP contribution in [0.15, 0.2) is 58.5 Å². The van der Waals surface area contributed by atoms with E-state index in [-0.39, 0.29) is 36.6 Å². The van der Waals surface area contributed by atoms with Gasteiger partial charge in [-0.1, -0.05) is 75.2 Å². The van der Waals surface area contributed by atoms with E-state index in [9.17, 15) is 0 Å². The van der Waals surface area contributed by atoms with Gasteiger partial charge < -0.3 is 24.8 Å². The standard InChI is InChI=1S/C26H28N4.2CH3.Ti/c1-19-21-11-5-7-13-23(21)25(29-19)17-27-15-9-3-4-10-16-28-18-26-24-14-8-6-12-22(24)20(2)30-26;;;/h5-8,11-14,17-18H,3-4,9-10,15-16H2,1-2H3;2*1H3;/q-2;2*-1;+4. The minimum absolute atomic E-state index is 0. The molecule has 2 heterocycles. The molecule has 0 bridgehead atoms. The van der Waals surface area contributed by atoms with Gasteiger partial charge in [0.15, 0.2) is 0 Å². The van der Waals surface area contributed by atoms with Gasteiger partial charge in [0.05, 0.1) is 0 Å². The zero-order valence-electron chi connectivity index (χ0n) is 20.3. The van der Waals surface area contributed by atoms with Gasteiger partial charge in [-0.2, -0.15) is 11.4 Å². The molecule has 170 valence electrons. The Bertz CT molecular complexity index is 1090. The van der Waals surface area contributed by atoms with Gasteiger partial charge >= 0.3 is 21.7 Å². The molecule has 0 fully saturated rings. The number of aromatic nitrogens is 2. The molecule has 2 aromatic heterocycles. The molecule has 4 nitrogen and oxygen atoms in total. The maximum absolute atomic E-state index is 4.63. The van der Waals surface area contributed by atoms with E-state index in [1.807, 2.05) is 12.4 Å². The molecule has 4 rings (SSSR count). The average Bonchev–Trinajstić information content (AvgIpc) is 3.27. The maximum atomic E-state index is 4.63. The predicted octanol–water partition coefficient (Wildman–Crippen LogP) is 6.52. The van der Waals surface area contributed by atoms with E-state index in [0.29, 0.717) is 0 Å². The van der Waals surface area contributed by atoms with Crippen molar-refractivity contribution in [2.75, 3.05) is 13.1 Å². The Labute approximate surface area is 213 Å².